The molecular weight excluding hydrogens is 273 g/mol. The molecule has 0 aliphatic carbocycles. The van der Waals surface area contributed by atoms with E-state index in [-0.39, 0.29) is 29.5 Å². The summed E-state index contributed by atoms with van der Waals surface area (Å²) < 4.78 is 20.0. The SMILES string of the molecule is Cc1cc(F)c2c(c1)C(=O)C(=O)N2CC1CCC(C)(C)O1. The molecule has 0 saturated carbocycles. The molecule has 5 heteroatoms. The number of halogens is 1. The Morgan fingerprint density at radius 1 is 1.38 bits per heavy atom. The van der Waals surface area contributed by atoms with Crippen LogP contribution in [0.1, 0.15) is 42.6 Å². The number of carbonyl (C=O) groups is 2. The van der Waals surface area contributed by atoms with Gasteiger partial charge in [0.05, 0.1) is 29.5 Å². The van der Waals surface area contributed by atoms with Gasteiger partial charge in [-0.1, -0.05) is 0 Å². The lowest BCUT2D eigenvalue weighted by Gasteiger charge is -2.24. The van der Waals surface area contributed by atoms with E-state index in [0.29, 0.717) is 5.56 Å². The molecule has 0 aromatic heterocycles. The van der Waals surface area contributed by atoms with Crippen LogP contribution in [0, 0.1) is 12.7 Å². The van der Waals surface area contributed by atoms with Gasteiger partial charge in [0.25, 0.3) is 11.7 Å². The molecule has 1 amide bonds. The molecule has 1 aromatic carbocycles. The van der Waals surface area contributed by atoms with Gasteiger partial charge in [-0.2, -0.15) is 0 Å². The zero-order valence-electron chi connectivity index (χ0n) is 12.4. The minimum Gasteiger partial charge on any atom is -0.370 e. The molecule has 1 unspecified atom stereocenters. The second-order valence-corrected chi connectivity index (χ2v) is 6.43. The van der Waals surface area contributed by atoms with Gasteiger partial charge in [-0.25, -0.2) is 4.39 Å². The molecule has 1 saturated heterocycles. The van der Waals surface area contributed by atoms with E-state index >= 15 is 0 Å². The summed E-state index contributed by atoms with van der Waals surface area (Å²) in [4.78, 5) is 25.4. The topological polar surface area (TPSA) is 46.6 Å². The van der Waals surface area contributed by atoms with E-state index in [2.05, 4.69) is 0 Å². The Hall–Kier alpha value is -1.75. The van der Waals surface area contributed by atoms with Gasteiger partial charge in [-0.15, -0.1) is 0 Å². The summed E-state index contributed by atoms with van der Waals surface area (Å²) in [5.41, 5.74) is 0.665. The van der Waals surface area contributed by atoms with Gasteiger partial charge in [0, 0.05) is 0 Å². The Balaban J connectivity index is 1.91. The molecule has 1 atom stereocenters. The minimum absolute atomic E-state index is 0.101. The molecule has 1 fully saturated rings. The zero-order chi connectivity index (χ0) is 15.4. The predicted molar refractivity (Wildman–Crippen MR) is 76.0 cm³/mol. The molecular formula is C16H18FNO3. The number of amides is 1. The van der Waals surface area contributed by atoms with Crippen molar-refractivity contribution in [1.29, 1.82) is 0 Å². The summed E-state index contributed by atoms with van der Waals surface area (Å²) in [5.74, 6) is -1.82. The lowest BCUT2D eigenvalue weighted by molar-refractivity contribution is -0.115. The lowest BCUT2D eigenvalue weighted by atomic mass is 10.1. The third kappa shape index (κ3) is 2.35. The number of ether oxygens (including phenoxy) is 1. The Labute approximate surface area is 122 Å². The second kappa shape index (κ2) is 4.63. The molecule has 2 aliphatic heterocycles. The summed E-state index contributed by atoms with van der Waals surface area (Å²) in [7, 11) is 0. The van der Waals surface area contributed by atoms with Crippen molar-refractivity contribution in [3.8, 4) is 0 Å². The highest BCUT2D eigenvalue weighted by Gasteiger charge is 2.41. The van der Waals surface area contributed by atoms with Crippen molar-refractivity contribution in [2.24, 2.45) is 0 Å². The first-order valence-electron chi connectivity index (χ1n) is 7.13. The number of anilines is 1. The van der Waals surface area contributed by atoms with Crippen molar-refractivity contribution < 1.29 is 18.7 Å². The summed E-state index contributed by atoms with van der Waals surface area (Å²) in [6.07, 6.45) is 1.52. The first-order valence-corrected chi connectivity index (χ1v) is 7.13. The highest BCUT2D eigenvalue weighted by atomic mass is 19.1. The predicted octanol–water partition coefficient (Wildman–Crippen LogP) is 2.62. The van der Waals surface area contributed by atoms with Gasteiger partial charge in [-0.3, -0.25) is 14.5 Å². The Kier molecular flexibility index (Phi) is 3.13. The number of carbonyl (C=O) groups excluding carboxylic acids is 2. The van der Waals surface area contributed by atoms with E-state index in [1.54, 1.807) is 13.0 Å². The summed E-state index contributed by atoms with van der Waals surface area (Å²) in [5, 5.41) is 0. The van der Waals surface area contributed by atoms with Gasteiger partial charge >= 0.3 is 0 Å². The maximum Gasteiger partial charge on any atom is 0.299 e. The molecule has 4 nitrogen and oxygen atoms in total. The molecule has 0 N–H and O–H groups in total. The highest BCUT2D eigenvalue weighted by molar-refractivity contribution is 6.52. The molecule has 2 aliphatic rings. The van der Waals surface area contributed by atoms with Crippen LogP contribution in [0.25, 0.3) is 0 Å². The van der Waals surface area contributed by atoms with E-state index in [1.807, 2.05) is 13.8 Å². The van der Waals surface area contributed by atoms with Crippen molar-refractivity contribution in [3.63, 3.8) is 0 Å². The Morgan fingerprint density at radius 2 is 2.10 bits per heavy atom. The maximum atomic E-state index is 14.2. The van der Waals surface area contributed by atoms with Crippen LogP contribution in [0.4, 0.5) is 10.1 Å². The second-order valence-electron chi connectivity index (χ2n) is 6.43. The average Bonchev–Trinajstić information content (AvgIpc) is 2.83. The van der Waals surface area contributed by atoms with E-state index in [9.17, 15) is 14.0 Å². The van der Waals surface area contributed by atoms with Gasteiger partial charge in [0.2, 0.25) is 0 Å². The fourth-order valence-electron chi connectivity index (χ4n) is 3.11. The van der Waals surface area contributed by atoms with Crippen LogP contribution < -0.4 is 4.90 Å². The number of ketones is 1. The van der Waals surface area contributed by atoms with E-state index in [1.165, 1.54) is 11.0 Å². The average molecular weight is 291 g/mol. The minimum atomic E-state index is -0.664. The van der Waals surface area contributed by atoms with Crippen LogP contribution in [0.15, 0.2) is 12.1 Å². The Bertz CT molecular complexity index is 639. The molecule has 2 heterocycles. The molecule has 0 radical (unpaired) electrons. The van der Waals surface area contributed by atoms with E-state index in [0.717, 1.165) is 12.8 Å². The molecule has 112 valence electrons. The number of Topliss-reactive ketones (excluding diaryl/α,β-unsaturated/α-hetero) is 1. The highest BCUT2D eigenvalue weighted by Crippen LogP contribution is 2.36. The van der Waals surface area contributed by atoms with Gasteiger partial charge < -0.3 is 4.74 Å². The van der Waals surface area contributed by atoms with Gasteiger partial charge in [0.15, 0.2) is 0 Å². The number of benzene rings is 1. The van der Waals surface area contributed by atoms with Crippen molar-refractivity contribution in [1.82, 2.24) is 0 Å². The largest absolute Gasteiger partial charge is 0.370 e. The molecule has 0 bridgehead atoms. The Morgan fingerprint density at radius 3 is 2.71 bits per heavy atom. The fraction of sp³-hybridized carbons (Fsp3) is 0.500. The standard InChI is InChI=1S/C16H18FNO3/c1-9-6-11-13(12(17)7-9)18(15(20)14(11)19)8-10-4-5-16(2,3)21-10/h6-7,10H,4-5,8H2,1-3H3. The number of rotatable bonds is 2. The first kappa shape index (κ1) is 14.2. The molecule has 3 rings (SSSR count). The van der Waals surface area contributed by atoms with Crippen molar-refractivity contribution >= 4 is 17.4 Å². The van der Waals surface area contributed by atoms with E-state index in [4.69, 9.17) is 4.74 Å². The van der Waals surface area contributed by atoms with Crippen LogP contribution in [0.5, 0.6) is 0 Å². The van der Waals surface area contributed by atoms with Gasteiger partial charge in [0.1, 0.15) is 5.82 Å². The van der Waals surface area contributed by atoms with Crippen molar-refractivity contribution in [3.05, 3.63) is 29.1 Å². The normalized spacial score (nSPS) is 23.8. The molecule has 21 heavy (non-hydrogen) atoms. The summed E-state index contributed by atoms with van der Waals surface area (Å²) in [6.45, 7) is 5.90. The van der Waals surface area contributed by atoms with Crippen LogP contribution >= 0.6 is 0 Å². The maximum absolute atomic E-state index is 14.2. The molecule has 1 aromatic rings. The van der Waals surface area contributed by atoms with Crippen LogP contribution in [-0.4, -0.2) is 29.9 Å². The third-order valence-electron chi connectivity index (χ3n) is 4.10. The smallest absolute Gasteiger partial charge is 0.299 e. The van der Waals surface area contributed by atoms with Crippen molar-refractivity contribution in [2.45, 2.75) is 45.3 Å². The lowest BCUT2D eigenvalue weighted by Crippen LogP contribution is -2.37. The summed E-state index contributed by atoms with van der Waals surface area (Å²) >= 11 is 0. The number of fused-ring (bicyclic) bond motifs is 1. The number of hydrogen-bond acceptors (Lipinski definition) is 3. The number of hydrogen-bond donors (Lipinski definition) is 0. The number of nitrogens with zero attached hydrogens (tertiary/aromatic N) is 1. The first-order chi connectivity index (χ1) is 9.78. The third-order valence-corrected chi connectivity index (χ3v) is 4.10. The van der Waals surface area contributed by atoms with Crippen molar-refractivity contribution in [2.75, 3.05) is 11.4 Å². The monoisotopic (exact) mass is 291 g/mol. The fourth-order valence-corrected chi connectivity index (χ4v) is 3.11. The van der Waals surface area contributed by atoms with E-state index < -0.39 is 17.5 Å². The van der Waals surface area contributed by atoms with Gasteiger partial charge in [-0.05, 0) is 51.3 Å². The van der Waals surface area contributed by atoms with Crippen LogP contribution in [0.2, 0.25) is 0 Å². The summed E-state index contributed by atoms with van der Waals surface area (Å²) in [6, 6.07) is 2.91. The quantitative estimate of drug-likeness (QED) is 0.787. The van der Waals surface area contributed by atoms with Crippen LogP contribution in [0.3, 0.4) is 0 Å². The zero-order valence-corrected chi connectivity index (χ0v) is 12.4. The molecule has 0 spiro atoms. The number of aryl methyl sites for hydroxylation is 1. The van der Waals surface area contributed by atoms with Crippen LogP contribution in [-0.2, 0) is 9.53 Å².